The van der Waals surface area contributed by atoms with Gasteiger partial charge in [-0.1, -0.05) is 18.2 Å². The van der Waals surface area contributed by atoms with Crippen molar-refractivity contribution < 1.29 is 42.8 Å². The molecule has 0 radical (unpaired) electrons. The summed E-state index contributed by atoms with van der Waals surface area (Å²) in [7, 11) is 0. The lowest BCUT2D eigenvalue weighted by Crippen LogP contribution is -2.67. The van der Waals surface area contributed by atoms with Crippen molar-refractivity contribution in [2.75, 3.05) is 26.4 Å². The summed E-state index contributed by atoms with van der Waals surface area (Å²) in [6.07, 6.45) is 1.68. The number of amides is 1. The van der Waals surface area contributed by atoms with Gasteiger partial charge >= 0.3 is 5.97 Å². The van der Waals surface area contributed by atoms with Gasteiger partial charge in [-0.2, -0.15) is 0 Å². The average molecular weight is 623 g/mol. The van der Waals surface area contributed by atoms with Crippen molar-refractivity contribution in [3.8, 4) is 5.75 Å². The number of morpholine rings is 1. The maximum absolute atomic E-state index is 13.9. The number of carbonyl (C=O) groups excluding carboxylic acids is 2. The molecule has 1 aromatic rings. The van der Waals surface area contributed by atoms with Crippen LogP contribution in [0.1, 0.15) is 98.0 Å². The SMILES string of the molecule is CC(C)(C)OC(=O)CCCOc1ccccc1C1CCC(OCC2N(C(O)OC(C)(C)C)CCC23COC(F)C(=O)N3)CC1. The van der Waals surface area contributed by atoms with Crippen molar-refractivity contribution in [1.82, 2.24) is 10.2 Å². The Labute approximate surface area is 260 Å². The van der Waals surface area contributed by atoms with E-state index in [1.54, 1.807) is 4.90 Å². The van der Waals surface area contributed by atoms with Crippen molar-refractivity contribution in [2.24, 2.45) is 0 Å². The number of rotatable bonds is 11. The van der Waals surface area contributed by atoms with Gasteiger partial charge in [0.1, 0.15) is 11.4 Å². The molecular formula is C33H51FN2O8. The lowest BCUT2D eigenvalue weighted by Gasteiger charge is -2.43. The van der Waals surface area contributed by atoms with Gasteiger partial charge < -0.3 is 34.1 Å². The second-order valence-corrected chi connectivity index (χ2v) is 14.2. The van der Waals surface area contributed by atoms with E-state index in [1.807, 2.05) is 59.7 Å². The summed E-state index contributed by atoms with van der Waals surface area (Å²) in [5.41, 5.74) is -0.798. The van der Waals surface area contributed by atoms with Gasteiger partial charge in [-0.25, -0.2) is 9.29 Å². The zero-order valence-electron chi connectivity index (χ0n) is 27.1. The lowest BCUT2D eigenvalue weighted by molar-refractivity contribution is -0.250. The molecule has 4 atom stereocenters. The van der Waals surface area contributed by atoms with Crippen molar-refractivity contribution >= 4 is 11.9 Å². The Hall–Kier alpha value is -2.31. The number of aliphatic hydroxyl groups excluding tert-OH is 1. The van der Waals surface area contributed by atoms with Crippen LogP contribution in [0.4, 0.5) is 4.39 Å². The van der Waals surface area contributed by atoms with Gasteiger partial charge in [0, 0.05) is 13.0 Å². The second-order valence-electron chi connectivity index (χ2n) is 14.2. The number of nitrogens with one attached hydrogen (secondary N) is 1. The predicted molar refractivity (Wildman–Crippen MR) is 162 cm³/mol. The van der Waals surface area contributed by atoms with Gasteiger partial charge in [0.15, 0.2) is 0 Å². The maximum Gasteiger partial charge on any atom is 0.306 e. The third-order valence-corrected chi connectivity index (χ3v) is 8.39. The molecule has 11 heteroatoms. The molecule has 2 aliphatic heterocycles. The topological polar surface area (TPSA) is 116 Å². The quantitative estimate of drug-likeness (QED) is 0.208. The smallest absolute Gasteiger partial charge is 0.306 e. The first kappa shape index (κ1) is 34.6. The highest BCUT2D eigenvalue weighted by atomic mass is 19.1. The first-order valence-corrected chi connectivity index (χ1v) is 15.9. The van der Waals surface area contributed by atoms with Gasteiger partial charge in [-0.15, -0.1) is 0 Å². The molecule has 2 N–H and O–H groups in total. The molecule has 0 bridgehead atoms. The number of alkyl halides is 1. The zero-order valence-corrected chi connectivity index (χ0v) is 27.1. The van der Waals surface area contributed by atoms with Crippen LogP contribution in [-0.4, -0.2) is 89.9 Å². The monoisotopic (exact) mass is 622 g/mol. The van der Waals surface area contributed by atoms with Crippen LogP contribution < -0.4 is 10.1 Å². The Morgan fingerprint density at radius 1 is 1.14 bits per heavy atom. The summed E-state index contributed by atoms with van der Waals surface area (Å²) in [6, 6.07) is 7.61. The number of benzene rings is 1. The lowest BCUT2D eigenvalue weighted by atomic mass is 9.82. The van der Waals surface area contributed by atoms with Crippen LogP contribution in [0.2, 0.25) is 0 Å². The van der Waals surface area contributed by atoms with Crippen LogP contribution in [0.15, 0.2) is 24.3 Å². The van der Waals surface area contributed by atoms with Crippen molar-refractivity contribution in [1.29, 1.82) is 0 Å². The molecule has 2 saturated heterocycles. The van der Waals surface area contributed by atoms with Crippen LogP contribution in [0.25, 0.3) is 0 Å². The number of hydrogen-bond acceptors (Lipinski definition) is 9. The summed E-state index contributed by atoms with van der Waals surface area (Å²) in [6.45, 7) is 12.3. The Morgan fingerprint density at radius 3 is 2.50 bits per heavy atom. The number of likely N-dealkylation sites (tertiary alicyclic amines) is 1. The molecule has 3 aliphatic rings. The summed E-state index contributed by atoms with van der Waals surface area (Å²) in [5, 5.41) is 13.8. The molecule has 10 nitrogen and oxygen atoms in total. The standard InChI is InChI=1S/C33H51FN2O8/c1-31(2,3)43-27(37)12-9-19-40-25-11-8-7-10-24(25)22-13-15-23(16-14-22)41-20-26-33(21-42-28(34)29(38)35-33)17-18-36(26)30(39)44-32(4,5)6/h7-8,10-11,22-23,26,28,30,39H,9,12-21H2,1-6H3,(H,35,38). The third kappa shape index (κ3) is 9.36. The van der Waals surface area contributed by atoms with E-state index in [1.165, 1.54) is 0 Å². The summed E-state index contributed by atoms with van der Waals surface area (Å²) >= 11 is 0. The Kier molecular flexibility index (Phi) is 11.3. The van der Waals surface area contributed by atoms with Crippen molar-refractivity contribution in [2.45, 2.75) is 134 Å². The molecule has 44 heavy (non-hydrogen) atoms. The normalized spacial score (nSPS) is 29.0. The van der Waals surface area contributed by atoms with E-state index in [4.69, 9.17) is 23.7 Å². The first-order chi connectivity index (χ1) is 20.7. The molecule has 2 heterocycles. The van der Waals surface area contributed by atoms with Crippen LogP contribution in [0, 0.1) is 0 Å². The van der Waals surface area contributed by atoms with Crippen LogP contribution in [-0.2, 0) is 28.5 Å². The largest absolute Gasteiger partial charge is 0.493 e. The zero-order chi connectivity index (χ0) is 32.1. The third-order valence-electron chi connectivity index (χ3n) is 8.39. The number of nitrogens with zero attached hydrogens (tertiary/aromatic N) is 1. The molecule has 1 aliphatic carbocycles. The minimum atomic E-state index is -2.00. The van der Waals surface area contributed by atoms with E-state index in [2.05, 4.69) is 11.4 Å². The highest BCUT2D eigenvalue weighted by Crippen LogP contribution is 2.40. The Balaban J connectivity index is 1.31. The van der Waals surface area contributed by atoms with Gasteiger partial charge in [-0.05, 0) is 97.6 Å². The van der Waals surface area contributed by atoms with Crippen molar-refractivity contribution in [3.05, 3.63) is 29.8 Å². The van der Waals surface area contributed by atoms with E-state index >= 15 is 0 Å². The molecular weight excluding hydrogens is 571 g/mol. The van der Waals surface area contributed by atoms with E-state index in [0.29, 0.717) is 38.3 Å². The number of para-hydroxylation sites is 1. The molecule has 3 fully saturated rings. The summed E-state index contributed by atoms with van der Waals surface area (Å²) in [4.78, 5) is 26.1. The fraction of sp³-hybridized carbons (Fsp3) is 0.758. The van der Waals surface area contributed by atoms with E-state index in [-0.39, 0.29) is 25.3 Å². The minimum absolute atomic E-state index is 0.00229. The van der Waals surface area contributed by atoms with E-state index in [0.717, 1.165) is 37.0 Å². The number of ether oxygens (including phenoxy) is 5. The van der Waals surface area contributed by atoms with Gasteiger partial charge in [0.2, 0.25) is 6.41 Å². The summed E-state index contributed by atoms with van der Waals surface area (Å²) in [5.74, 6) is 0.138. The highest BCUT2D eigenvalue weighted by Gasteiger charge is 2.54. The summed E-state index contributed by atoms with van der Waals surface area (Å²) < 4.78 is 42.8. The second kappa shape index (κ2) is 14.4. The average Bonchev–Trinajstić information content (AvgIpc) is 3.28. The number of carbonyl (C=O) groups is 2. The predicted octanol–water partition coefficient (Wildman–Crippen LogP) is 4.58. The molecule has 4 unspecified atom stereocenters. The minimum Gasteiger partial charge on any atom is -0.493 e. The fourth-order valence-corrected chi connectivity index (χ4v) is 6.33. The number of hydrogen-bond donors (Lipinski definition) is 2. The molecule has 1 saturated carbocycles. The molecule has 4 rings (SSSR count). The van der Waals surface area contributed by atoms with E-state index < -0.39 is 41.5 Å². The molecule has 1 aromatic carbocycles. The van der Waals surface area contributed by atoms with Crippen LogP contribution in [0.5, 0.6) is 5.75 Å². The van der Waals surface area contributed by atoms with Gasteiger partial charge in [0.25, 0.3) is 12.3 Å². The Morgan fingerprint density at radius 2 is 1.84 bits per heavy atom. The van der Waals surface area contributed by atoms with Crippen molar-refractivity contribution in [3.63, 3.8) is 0 Å². The van der Waals surface area contributed by atoms with Crippen LogP contribution in [0.3, 0.4) is 0 Å². The fourth-order valence-electron chi connectivity index (χ4n) is 6.33. The van der Waals surface area contributed by atoms with Gasteiger partial charge in [0.05, 0.1) is 43.1 Å². The molecule has 1 spiro atoms. The molecule has 1 amide bonds. The number of esters is 1. The first-order valence-electron chi connectivity index (χ1n) is 15.9. The number of aliphatic hydroxyl groups is 1. The molecule has 248 valence electrons. The van der Waals surface area contributed by atoms with Crippen LogP contribution >= 0.6 is 0 Å². The van der Waals surface area contributed by atoms with Gasteiger partial charge in [-0.3, -0.25) is 9.59 Å². The molecule has 0 aromatic heterocycles. The Bertz CT molecular complexity index is 1110. The maximum atomic E-state index is 13.9. The number of halogens is 1. The highest BCUT2D eigenvalue weighted by molar-refractivity contribution is 5.81. The van der Waals surface area contributed by atoms with E-state index in [9.17, 15) is 19.1 Å².